The van der Waals surface area contributed by atoms with Crippen LogP contribution in [0.5, 0.6) is 5.75 Å². The number of fused-ring (bicyclic) bond motifs is 1. The van der Waals surface area contributed by atoms with Crippen molar-refractivity contribution in [2.24, 2.45) is 5.41 Å². The van der Waals surface area contributed by atoms with Gasteiger partial charge in [0.1, 0.15) is 5.75 Å². The van der Waals surface area contributed by atoms with E-state index < -0.39 is 0 Å². The predicted molar refractivity (Wildman–Crippen MR) is 84.0 cm³/mol. The highest BCUT2D eigenvalue weighted by Crippen LogP contribution is 2.41. The highest BCUT2D eigenvalue weighted by atomic mass is 16.5. The minimum Gasteiger partial charge on any atom is -0.494 e. The van der Waals surface area contributed by atoms with Crippen molar-refractivity contribution in [1.29, 1.82) is 0 Å². The van der Waals surface area contributed by atoms with Crippen LogP contribution < -0.4 is 4.74 Å². The topological polar surface area (TPSA) is 34.4 Å². The smallest absolute Gasteiger partial charge is 0.121 e. The molecule has 0 radical (unpaired) electrons. The quantitative estimate of drug-likeness (QED) is 0.928. The van der Waals surface area contributed by atoms with Gasteiger partial charge in [0.15, 0.2) is 0 Å². The van der Waals surface area contributed by atoms with Gasteiger partial charge in [-0.15, -0.1) is 0 Å². The normalized spacial score (nSPS) is 20.1. The van der Waals surface area contributed by atoms with Gasteiger partial charge in [0.05, 0.1) is 12.7 Å². The highest BCUT2D eigenvalue weighted by Gasteiger charge is 2.33. The van der Waals surface area contributed by atoms with Crippen molar-refractivity contribution < 1.29 is 9.84 Å². The maximum atomic E-state index is 10.4. The van der Waals surface area contributed by atoms with Gasteiger partial charge < -0.3 is 14.4 Å². The van der Waals surface area contributed by atoms with E-state index in [1.165, 1.54) is 5.69 Å². The van der Waals surface area contributed by atoms with Gasteiger partial charge in [-0.05, 0) is 43.4 Å². The molecule has 21 heavy (non-hydrogen) atoms. The van der Waals surface area contributed by atoms with Crippen LogP contribution in [-0.4, -0.2) is 16.3 Å². The highest BCUT2D eigenvalue weighted by molar-refractivity contribution is 5.44. The maximum Gasteiger partial charge on any atom is 0.121 e. The molecule has 1 unspecified atom stereocenters. The Morgan fingerprint density at radius 1 is 1.33 bits per heavy atom. The van der Waals surface area contributed by atoms with Gasteiger partial charge in [-0.25, -0.2) is 0 Å². The third kappa shape index (κ3) is 2.70. The number of benzene rings is 1. The molecular formula is C18H23NO2. The third-order valence-corrected chi connectivity index (χ3v) is 4.18. The molecule has 0 amide bonds. The van der Waals surface area contributed by atoms with Gasteiger partial charge in [0.2, 0.25) is 0 Å². The lowest BCUT2D eigenvalue weighted by molar-refractivity contribution is 0.0987. The number of hydrogen-bond donors (Lipinski definition) is 1. The second-order valence-electron chi connectivity index (χ2n) is 6.58. The Hall–Kier alpha value is -1.74. The second kappa shape index (κ2) is 5.23. The molecule has 0 spiro atoms. The van der Waals surface area contributed by atoms with Crippen LogP contribution in [0.25, 0.3) is 5.69 Å². The van der Waals surface area contributed by atoms with E-state index in [-0.39, 0.29) is 11.5 Å². The Morgan fingerprint density at radius 2 is 2.14 bits per heavy atom. The molecule has 0 saturated heterocycles. The van der Waals surface area contributed by atoms with Crippen LogP contribution in [-0.2, 0) is 6.42 Å². The van der Waals surface area contributed by atoms with Crippen LogP contribution >= 0.6 is 0 Å². The molecule has 1 aromatic heterocycles. The van der Waals surface area contributed by atoms with Gasteiger partial charge in [-0.3, -0.25) is 0 Å². The van der Waals surface area contributed by atoms with E-state index in [9.17, 15) is 5.11 Å². The minimum atomic E-state index is -0.361. The number of aromatic nitrogens is 1. The van der Waals surface area contributed by atoms with Crippen LogP contribution in [0.1, 0.15) is 44.6 Å². The number of nitrogens with zero attached hydrogens (tertiary/aromatic N) is 1. The predicted octanol–water partition coefficient (Wildman–Crippen LogP) is 3.88. The molecular weight excluding hydrogens is 262 g/mol. The molecule has 3 heteroatoms. The number of hydrogen-bond acceptors (Lipinski definition) is 2. The van der Waals surface area contributed by atoms with E-state index in [1.54, 1.807) is 0 Å². The van der Waals surface area contributed by atoms with Gasteiger partial charge in [-0.1, -0.05) is 19.9 Å². The first kappa shape index (κ1) is 14.2. The van der Waals surface area contributed by atoms with Gasteiger partial charge in [0.25, 0.3) is 0 Å². The first-order valence-electron chi connectivity index (χ1n) is 7.61. The zero-order valence-corrected chi connectivity index (χ0v) is 13.0. The summed E-state index contributed by atoms with van der Waals surface area (Å²) >= 11 is 0. The van der Waals surface area contributed by atoms with E-state index in [2.05, 4.69) is 36.7 Å². The lowest BCUT2D eigenvalue weighted by Crippen LogP contribution is -2.26. The summed E-state index contributed by atoms with van der Waals surface area (Å²) in [7, 11) is 0. The molecule has 1 aromatic carbocycles. The summed E-state index contributed by atoms with van der Waals surface area (Å²) in [6.07, 6.45) is 3.49. The van der Waals surface area contributed by atoms with E-state index >= 15 is 0 Å². The molecule has 1 atom stereocenters. The molecule has 1 aliphatic carbocycles. The Balaban J connectivity index is 2.03. The summed E-state index contributed by atoms with van der Waals surface area (Å²) in [5.41, 5.74) is 3.50. The standard InChI is InChI=1S/C18H23NO2/c1-4-21-14-7-5-6-13(10-14)19-9-8-15-16(19)11-18(2,3)12-17(15)20/h5-10,17,20H,4,11-12H2,1-3H3. The van der Waals surface area contributed by atoms with Crippen LogP contribution in [0.2, 0.25) is 0 Å². The number of aliphatic hydroxyl groups is 1. The molecule has 3 rings (SSSR count). The van der Waals surface area contributed by atoms with E-state index in [4.69, 9.17) is 4.74 Å². The second-order valence-corrected chi connectivity index (χ2v) is 6.58. The summed E-state index contributed by atoms with van der Waals surface area (Å²) < 4.78 is 7.77. The van der Waals surface area contributed by atoms with Crippen molar-refractivity contribution in [1.82, 2.24) is 4.57 Å². The van der Waals surface area contributed by atoms with Gasteiger partial charge in [0, 0.05) is 29.2 Å². The number of ether oxygens (including phenoxy) is 1. The summed E-state index contributed by atoms with van der Waals surface area (Å²) in [6, 6.07) is 10.2. The zero-order chi connectivity index (χ0) is 15.0. The van der Waals surface area contributed by atoms with Crippen LogP contribution in [0.3, 0.4) is 0 Å². The molecule has 3 nitrogen and oxygen atoms in total. The minimum absolute atomic E-state index is 0.125. The van der Waals surface area contributed by atoms with Crippen molar-refractivity contribution in [2.45, 2.75) is 39.7 Å². The molecule has 1 aliphatic rings. The SMILES string of the molecule is CCOc1cccc(-n2ccc3c2CC(C)(C)CC3O)c1. The van der Waals surface area contributed by atoms with E-state index in [0.717, 1.165) is 29.8 Å². The van der Waals surface area contributed by atoms with Crippen molar-refractivity contribution >= 4 is 0 Å². The van der Waals surface area contributed by atoms with E-state index in [0.29, 0.717) is 6.61 Å². The average molecular weight is 285 g/mol. The van der Waals surface area contributed by atoms with Gasteiger partial charge >= 0.3 is 0 Å². The maximum absolute atomic E-state index is 10.4. The molecule has 1 N–H and O–H groups in total. The Bertz CT molecular complexity index is 642. The monoisotopic (exact) mass is 285 g/mol. The lowest BCUT2D eigenvalue weighted by Gasteiger charge is -2.34. The van der Waals surface area contributed by atoms with Crippen LogP contribution in [0.15, 0.2) is 36.5 Å². The van der Waals surface area contributed by atoms with Gasteiger partial charge in [-0.2, -0.15) is 0 Å². The van der Waals surface area contributed by atoms with Crippen LogP contribution in [0, 0.1) is 5.41 Å². The Morgan fingerprint density at radius 3 is 2.90 bits per heavy atom. The fraction of sp³-hybridized carbons (Fsp3) is 0.444. The average Bonchev–Trinajstić information content (AvgIpc) is 2.82. The first-order chi connectivity index (χ1) is 10.00. The molecule has 2 aromatic rings. The van der Waals surface area contributed by atoms with Crippen molar-refractivity contribution in [3.05, 3.63) is 47.8 Å². The fourth-order valence-electron chi connectivity index (χ4n) is 3.26. The first-order valence-corrected chi connectivity index (χ1v) is 7.61. The molecule has 0 bridgehead atoms. The molecule has 1 heterocycles. The number of rotatable bonds is 3. The zero-order valence-electron chi connectivity index (χ0n) is 13.0. The lowest BCUT2D eigenvalue weighted by atomic mass is 9.75. The van der Waals surface area contributed by atoms with Crippen molar-refractivity contribution in [3.63, 3.8) is 0 Å². The Kier molecular flexibility index (Phi) is 3.54. The Labute approximate surface area is 126 Å². The van der Waals surface area contributed by atoms with Crippen molar-refractivity contribution in [3.8, 4) is 11.4 Å². The molecule has 112 valence electrons. The van der Waals surface area contributed by atoms with Crippen molar-refractivity contribution in [2.75, 3.05) is 6.61 Å². The fourth-order valence-corrected chi connectivity index (χ4v) is 3.26. The summed E-state index contributed by atoms with van der Waals surface area (Å²) in [5.74, 6) is 0.882. The third-order valence-electron chi connectivity index (χ3n) is 4.18. The summed E-state index contributed by atoms with van der Waals surface area (Å²) in [6.45, 7) is 7.09. The van der Waals surface area contributed by atoms with E-state index in [1.807, 2.05) is 25.1 Å². The summed E-state index contributed by atoms with van der Waals surface area (Å²) in [5, 5.41) is 10.4. The van der Waals surface area contributed by atoms with Crippen LogP contribution in [0.4, 0.5) is 0 Å². The molecule has 0 saturated carbocycles. The molecule has 0 fully saturated rings. The largest absolute Gasteiger partial charge is 0.494 e. The summed E-state index contributed by atoms with van der Waals surface area (Å²) in [4.78, 5) is 0. The number of aliphatic hydroxyl groups excluding tert-OH is 1. The molecule has 0 aliphatic heterocycles.